The van der Waals surface area contributed by atoms with Crippen LogP contribution in [-0.2, 0) is 35.3 Å². The molecule has 0 saturated heterocycles. The fourth-order valence-electron chi connectivity index (χ4n) is 0.750. The zero-order chi connectivity index (χ0) is 14.3. The molecule has 19 heavy (non-hydrogen) atoms. The van der Waals surface area contributed by atoms with E-state index in [4.69, 9.17) is 6.65 Å². The molecule has 0 aromatic carbocycles. The number of ether oxygens (including phenoxy) is 1. The Morgan fingerprint density at radius 2 is 1.11 bits per heavy atom. The van der Waals surface area contributed by atoms with Crippen molar-refractivity contribution in [2.45, 2.75) is 27.7 Å². The van der Waals surface area contributed by atoms with Gasteiger partial charge in [-0.15, -0.1) is 0 Å². The summed E-state index contributed by atoms with van der Waals surface area (Å²) in [6, 6.07) is 0. The van der Waals surface area contributed by atoms with Gasteiger partial charge in [0.2, 0.25) is 0 Å². The first-order valence-electron chi connectivity index (χ1n) is 4.72. The molecule has 0 atom stereocenters. The van der Waals surface area contributed by atoms with E-state index in [1.807, 2.05) is 28.2 Å². The van der Waals surface area contributed by atoms with Crippen molar-refractivity contribution in [3.8, 4) is 0 Å². The summed E-state index contributed by atoms with van der Waals surface area (Å²) in [6.45, 7) is 1.36. The average molecular weight is 318 g/mol. The number of esters is 1. The van der Waals surface area contributed by atoms with Crippen molar-refractivity contribution in [2.24, 2.45) is 0 Å². The second kappa shape index (κ2) is 22.8. The molecule has 4 N–H and O–H groups in total. The number of rotatable bonds is 4. The first-order chi connectivity index (χ1) is 7.93. The Kier molecular flexibility index (Phi) is 37.4. The third-order valence-corrected chi connectivity index (χ3v) is 1.79. The molecule has 0 aliphatic carbocycles. The van der Waals surface area contributed by atoms with Gasteiger partial charge >= 0.3 is 31.7 Å². The van der Waals surface area contributed by atoms with Crippen LogP contribution in [0.4, 0.5) is 0 Å². The van der Waals surface area contributed by atoms with E-state index in [-0.39, 0.29) is 26.7 Å². The van der Waals surface area contributed by atoms with Crippen molar-refractivity contribution in [2.75, 3.05) is 35.3 Å². The van der Waals surface area contributed by atoms with Crippen LogP contribution in [0.2, 0.25) is 0 Å². The van der Waals surface area contributed by atoms with Crippen LogP contribution < -0.4 is 21.3 Å². The van der Waals surface area contributed by atoms with Gasteiger partial charge in [-0.2, -0.15) is 0 Å². The minimum absolute atomic E-state index is 0. The second-order valence-electron chi connectivity index (χ2n) is 2.53. The summed E-state index contributed by atoms with van der Waals surface area (Å²) in [5.41, 5.74) is 0. The summed E-state index contributed by atoms with van der Waals surface area (Å²) in [7, 11) is 8.81. The number of nitrogens with one attached hydrogen (secondary N) is 4. The molecule has 9 heteroatoms. The summed E-state index contributed by atoms with van der Waals surface area (Å²) >= 11 is -2.00. The molecule has 118 valence electrons. The Balaban J connectivity index is -0.0000000565. The first-order valence-corrected chi connectivity index (χ1v) is 6.00. The SMILES string of the molecule is C.C.CNC(NC)(NC)NC.COC(C)=O.[O]=[Ti]=[O]. The van der Waals surface area contributed by atoms with E-state index in [9.17, 15) is 4.79 Å². The molecule has 0 fully saturated rings. The molecule has 0 bridgehead atoms. The van der Waals surface area contributed by atoms with Crippen LogP contribution in [0.1, 0.15) is 21.8 Å². The van der Waals surface area contributed by atoms with Crippen LogP contribution in [0.5, 0.6) is 0 Å². The fraction of sp³-hybridized carbons (Fsp3) is 0.900. The van der Waals surface area contributed by atoms with E-state index in [1.165, 1.54) is 14.0 Å². The van der Waals surface area contributed by atoms with E-state index in [0.29, 0.717) is 0 Å². The predicted octanol–water partition coefficient (Wildman–Crippen LogP) is -0.313. The monoisotopic (exact) mass is 318 g/mol. The minimum atomic E-state index is -2.00. The van der Waals surface area contributed by atoms with Gasteiger partial charge in [-0.05, 0) is 28.2 Å². The van der Waals surface area contributed by atoms with Gasteiger partial charge in [0.25, 0.3) is 0 Å². The maximum absolute atomic E-state index is 9.59. The van der Waals surface area contributed by atoms with Gasteiger partial charge in [-0.3, -0.25) is 26.1 Å². The predicted molar refractivity (Wildman–Crippen MR) is 71.5 cm³/mol. The topological polar surface area (TPSA) is 109 Å². The standard InChI is InChI=1S/C5H16N4.C3H6O2.2CH4.2O.Ti/c1-6-5(7-2,8-3)9-4;1-3(4)5-2;;;;;/h6-9H,1-4H3;1-2H3;2*1H4;;;. The molecule has 0 aliphatic heterocycles. The summed E-state index contributed by atoms with van der Waals surface area (Å²) < 4.78 is 21.1. The molecule has 0 aromatic rings. The van der Waals surface area contributed by atoms with Crippen molar-refractivity contribution >= 4 is 5.97 Å². The summed E-state index contributed by atoms with van der Waals surface area (Å²) in [5, 5.41) is 12.1. The van der Waals surface area contributed by atoms with Crippen molar-refractivity contribution in [3.63, 3.8) is 0 Å². The van der Waals surface area contributed by atoms with Crippen LogP contribution >= 0.6 is 0 Å². The molecule has 0 aromatic heterocycles. The molecule has 0 rings (SSSR count). The van der Waals surface area contributed by atoms with E-state index >= 15 is 0 Å². The molecule has 0 saturated carbocycles. The van der Waals surface area contributed by atoms with Crippen LogP contribution in [0.25, 0.3) is 0 Å². The number of hydrogen-bond donors (Lipinski definition) is 4. The molecule has 0 aliphatic rings. The van der Waals surface area contributed by atoms with Crippen molar-refractivity contribution < 1.29 is 35.3 Å². The molecule has 0 amide bonds. The number of carbonyl (C=O) groups excluding carboxylic acids is 1. The maximum atomic E-state index is 9.59. The fourth-order valence-corrected chi connectivity index (χ4v) is 0.750. The van der Waals surface area contributed by atoms with Crippen molar-refractivity contribution in [1.29, 1.82) is 0 Å². The van der Waals surface area contributed by atoms with Gasteiger partial charge in [0.15, 0.2) is 5.91 Å². The van der Waals surface area contributed by atoms with E-state index in [1.54, 1.807) is 0 Å². The normalized spacial score (nSPS) is 7.89. The van der Waals surface area contributed by atoms with E-state index < -0.39 is 19.1 Å². The van der Waals surface area contributed by atoms with E-state index in [0.717, 1.165) is 0 Å². The third kappa shape index (κ3) is 23.2. The molecular formula is C10H30N4O4Ti. The van der Waals surface area contributed by atoms with Gasteiger partial charge in [-0.1, -0.05) is 14.9 Å². The zero-order valence-corrected chi connectivity index (χ0v) is 12.7. The molecule has 8 nitrogen and oxygen atoms in total. The van der Waals surface area contributed by atoms with Crippen molar-refractivity contribution in [3.05, 3.63) is 0 Å². The zero-order valence-electron chi connectivity index (χ0n) is 11.1. The summed E-state index contributed by atoms with van der Waals surface area (Å²) in [5.74, 6) is -0.579. The van der Waals surface area contributed by atoms with Gasteiger partial charge in [0, 0.05) is 6.92 Å². The van der Waals surface area contributed by atoms with E-state index in [2.05, 4.69) is 26.0 Å². The Hall–Kier alpha value is -0.376. The summed E-state index contributed by atoms with van der Waals surface area (Å²) in [6.07, 6.45) is 0. The van der Waals surface area contributed by atoms with Crippen LogP contribution in [-0.4, -0.2) is 47.2 Å². The Morgan fingerprint density at radius 1 is 0.947 bits per heavy atom. The molecule has 0 spiro atoms. The molecular weight excluding hydrogens is 288 g/mol. The number of hydrogen-bond acceptors (Lipinski definition) is 8. The van der Waals surface area contributed by atoms with Crippen molar-refractivity contribution in [1.82, 2.24) is 21.3 Å². The average Bonchev–Trinajstić information content (AvgIpc) is 2.34. The third-order valence-electron chi connectivity index (χ3n) is 1.79. The number of methoxy groups -OCH3 is 1. The molecule has 0 radical (unpaired) electrons. The Morgan fingerprint density at radius 3 is 1.11 bits per heavy atom. The van der Waals surface area contributed by atoms with Crippen LogP contribution in [0.15, 0.2) is 0 Å². The first kappa shape index (κ1) is 31.2. The summed E-state index contributed by atoms with van der Waals surface area (Å²) in [4.78, 5) is 9.59. The number of carbonyl (C=O) groups is 1. The Labute approximate surface area is 126 Å². The van der Waals surface area contributed by atoms with Gasteiger partial charge in [0.05, 0.1) is 7.11 Å². The van der Waals surface area contributed by atoms with Gasteiger partial charge < -0.3 is 4.74 Å². The Bertz CT molecular complexity index is 202. The van der Waals surface area contributed by atoms with Gasteiger partial charge in [-0.25, -0.2) is 0 Å². The van der Waals surface area contributed by atoms with Crippen LogP contribution in [0, 0.1) is 0 Å². The molecule has 0 unspecified atom stereocenters. The van der Waals surface area contributed by atoms with Gasteiger partial charge in [0.1, 0.15) is 0 Å². The quantitative estimate of drug-likeness (QED) is 0.317. The molecule has 0 heterocycles. The van der Waals surface area contributed by atoms with Crippen LogP contribution in [0.3, 0.4) is 0 Å². The second-order valence-corrected chi connectivity index (χ2v) is 2.79.